The summed E-state index contributed by atoms with van der Waals surface area (Å²) in [6.07, 6.45) is 39.2. The number of unbranched alkanes of at least 4 members (excludes halogenated alkanes) is 19. The van der Waals surface area contributed by atoms with E-state index in [0.717, 1.165) is 57.8 Å². The molecule has 0 radical (unpaired) electrons. The topological polar surface area (TPSA) is 172 Å². The third kappa shape index (κ3) is 36.7. The Morgan fingerprint density at radius 3 is 1.50 bits per heavy atom. The SMILES string of the molecule is CCCCC/C=C\C/C=C\C/C=C\CCCCCCC(=O)OC[C@H](COP(=O)(O)OC[C@H](N)C(=O)O)OC(=O)CCCCCCCCCCCCCCC. The molecule has 0 aliphatic carbocycles. The smallest absolute Gasteiger partial charge is 0.472 e. The molecule has 0 rings (SSSR count). The lowest BCUT2D eigenvalue weighted by Crippen LogP contribution is -2.34. The minimum atomic E-state index is -4.72. The van der Waals surface area contributed by atoms with E-state index >= 15 is 0 Å². The highest BCUT2D eigenvalue weighted by Crippen LogP contribution is 2.43. The van der Waals surface area contributed by atoms with Crippen molar-refractivity contribution in [3.63, 3.8) is 0 Å². The van der Waals surface area contributed by atoms with E-state index in [9.17, 15) is 23.8 Å². The van der Waals surface area contributed by atoms with Crippen LogP contribution in [0.15, 0.2) is 36.5 Å². The van der Waals surface area contributed by atoms with E-state index in [1.54, 1.807) is 0 Å². The molecule has 11 nitrogen and oxygen atoms in total. The van der Waals surface area contributed by atoms with E-state index in [1.165, 1.54) is 83.5 Å². The summed E-state index contributed by atoms with van der Waals surface area (Å²) in [7, 11) is -4.72. The number of hydrogen-bond acceptors (Lipinski definition) is 9. The van der Waals surface area contributed by atoms with Gasteiger partial charge in [0.15, 0.2) is 6.10 Å². The van der Waals surface area contributed by atoms with Crippen molar-refractivity contribution in [3.05, 3.63) is 36.5 Å². The van der Waals surface area contributed by atoms with Crippen LogP contribution >= 0.6 is 7.82 Å². The molecule has 0 saturated carbocycles. The van der Waals surface area contributed by atoms with Gasteiger partial charge in [0, 0.05) is 12.8 Å². The summed E-state index contributed by atoms with van der Waals surface area (Å²) in [6.45, 7) is 2.75. The molecule has 1 unspecified atom stereocenters. The number of nitrogens with two attached hydrogens (primary N) is 1. The standard InChI is InChI=1S/C42H76NO10P/c1-3-5-7-9-11-13-15-17-18-19-20-22-23-25-27-29-31-33-40(44)50-35-38(36-51-54(48,49)52-37-39(43)42(46)47)53-41(45)34-32-30-28-26-24-21-16-14-12-10-8-6-4-2/h11,13,17-18,20,22,38-39H,3-10,12,14-16,19,21,23-37,43H2,1-2H3,(H,46,47)(H,48,49)/b13-11-,18-17-,22-20-/t38-,39+/m1/s1. The normalized spacial score (nSPS) is 14.1. The molecule has 314 valence electrons. The Kier molecular flexibility index (Phi) is 36.0. The van der Waals surface area contributed by atoms with Crippen molar-refractivity contribution >= 4 is 25.7 Å². The van der Waals surface area contributed by atoms with Crippen molar-refractivity contribution in [1.29, 1.82) is 0 Å². The van der Waals surface area contributed by atoms with Crippen molar-refractivity contribution in [3.8, 4) is 0 Å². The Balaban J connectivity index is 4.41. The zero-order chi connectivity index (χ0) is 40.0. The van der Waals surface area contributed by atoms with Crippen LogP contribution in [0.5, 0.6) is 0 Å². The van der Waals surface area contributed by atoms with Gasteiger partial charge in [-0.25, -0.2) is 4.57 Å². The van der Waals surface area contributed by atoms with Gasteiger partial charge in [-0.1, -0.05) is 153 Å². The van der Waals surface area contributed by atoms with Gasteiger partial charge in [0.05, 0.1) is 13.2 Å². The van der Waals surface area contributed by atoms with E-state index in [1.807, 2.05) is 0 Å². The highest BCUT2D eigenvalue weighted by Gasteiger charge is 2.28. The van der Waals surface area contributed by atoms with E-state index in [0.29, 0.717) is 12.8 Å². The summed E-state index contributed by atoms with van der Waals surface area (Å²) in [6, 6.07) is -1.52. The lowest BCUT2D eigenvalue weighted by atomic mass is 10.0. The number of allylic oxidation sites excluding steroid dienone is 6. The Labute approximate surface area is 327 Å². The minimum absolute atomic E-state index is 0.158. The van der Waals surface area contributed by atoms with Crippen LogP contribution in [0.4, 0.5) is 0 Å². The molecule has 0 fully saturated rings. The quantitative estimate of drug-likeness (QED) is 0.0234. The Bertz CT molecular complexity index is 1060. The summed E-state index contributed by atoms with van der Waals surface area (Å²) < 4.78 is 32.6. The number of rotatable bonds is 39. The first kappa shape index (κ1) is 51.7. The van der Waals surface area contributed by atoms with Gasteiger partial charge in [0.2, 0.25) is 0 Å². The number of phosphoric ester groups is 1. The zero-order valence-corrected chi connectivity index (χ0v) is 34.7. The molecule has 12 heteroatoms. The van der Waals surface area contributed by atoms with Gasteiger partial charge >= 0.3 is 25.7 Å². The lowest BCUT2D eigenvalue weighted by Gasteiger charge is -2.20. The summed E-state index contributed by atoms with van der Waals surface area (Å²) in [5.41, 5.74) is 5.32. The highest BCUT2D eigenvalue weighted by molar-refractivity contribution is 7.47. The molecule has 0 aromatic heterocycles. The van der Waals surface area contributed by atoms with E-state index in [2.05, 4.69) is 54.8 Å². The van der Waals surface area contributed by atoms with Crippen molar-refractivity contribution in [2.75, 3.05) is 19.8 Å². The molecule has 0 aliphatic rings. The summed E-state index contributed by atoms with van der Waals surface area (Å²) in [5, 5.41) is 8.87. The number of carbonyl (C=O) groups is 3. The maximum atomic E-state index is 12.6. The fourth-order valence-corrected chi connectivity index (χ4v) is 6.32. The molecule has 4 N–H and O–H groups in total. The largest absolute Gasteiger partial charge is 0.480 e. The Morgan fingerprint density at radius 2 is 0.981 bits per heavy atom. The van der Waals surface area contributed by atoms with Crippen LogP contribution in [0.3, 0.4) is 0 Å². The molecule has 0 aromatic rings. The number of carboxylic acids is 1. The molecule has 0 spiro atoms. The maximum absolute atomic E-state index is 12.6. The third-order valence-corrected chi connectivity index (χ3v) is 9.84. The molecule has 54 heavy (non-hydrogen) atoms. The van der Waals surface area contributed by atoms with Crippen LogP contribution in [0.2, 0.25) is 0 Å². The molecule has 0 heterocycles. The average Bonchev–Trinajstić information content (AvgIpc) is 3.14. The van der Waals surface area contributed by atoms with Gasteiger partial charge in [-0.15, -0.1) is 0 Å². The van der Waals surface area contributed by atoms with Crippen LogP contribution in [0.25, 0.3) is 0 Å². The molecule has 3 atom stereocenters. The molecule has 0 bridgehead atoms. The summed E-state index contributed by atoms with van der Waals surface area (Å²) in [5.74, 6) is -2.40. The van der Waals surface area contributed by atoms with Crippen LogP contribution in [0.1, 0.15) is 181 Å². The first-order valence-electron chi connectivity index (χ1n) is 21.0. The van der Waals surface area contributed by atoms with Crippen LogP contribution in [0, 0.1) is 0 Å². The van der Waals surface area contributed by atoms with E-state index < -0.39 is 51.1 Å². The third-order valence-electron chi connectivity index (χ3n) is 8.89. The van der Waals surface area contributed by atoms with Crippen molar-refractivity contribution in [2.45, 2.75) is 193 Å². The second-order valence-corrected chi connectivity index (χ2v) is 15.6. The summed E-state index contributed by atoms with van der Waals surface area (Å²) >= 11 is 0. The number of aliphatic carboxylic acids is 1. The predicted molar refractivity (Wildman–Crippen MR) is 217 cm³/mol. The summed E-state index contributed by atoms with van der Waals surface area (Å²) in [4.78, 5) is 45.9. The molecule has 0 aliphatic heterocycles. The molecule has 0 saturated heterocycles. The number of carboxylic acid groups (broad SMARTS) is 1. The monoisotopic (exact) mass is 786 g/mol. The van der Waals surface area contributed by atoms with Crippen LogP contribution in [-0.4, -0.2) is 59.9 Å². The van der Waals surface area contributed by atoms with Crippen LogP contribution in [-0.2, 0) is 37.5 Å². The number of ether oxygens (including phenoxy) is 2. The molecular formula is C42H76NO10P. The predicted octanol–water partition coefficient (Wildman–Crippen LogP) is 10.8. The highest BCUT2D eigenvalue weighted by atomic mass is 31.2. The van der Waals surface area contributed by atoms with Gasteiger partial charge in [0.25, 0.3) is 0 Å². The molecular weight excluding hydrogens is 709 g/mol. The van der Waals surface area contributed by atoms with Crippen molar-refractivity contribution < 1.29 is 47.5 Å². The fourth-order valence-electron chi connectivity index (χ4n) is 5.54. The Hall–Kier alpha value is -2.30. The lowest BCUT2D eigenvalue weighted by molar-refractivity contribution is -0.161. The first-order valence-corrected chi connectivity index (χ1v) is 22.5. The van der Waals surface area contributed by atoms with Crippen molar-refractivity contribution in [1.82, 2.24) is 0 Å². The maximum Gasteiger partial charge on any atom is 0.472 e. The molecule has 0 aromatic carbocycles. The van der Waals surface area contributed by atoms with Gasteiger partial charge in [0.1, 0.15) is 12.6 Å². The van der Waals surface area contributed by atoms with Crippen molar-refractivity contribution in [2.24, 2.45) is 5.73 Å². The van der Waals surface area contributed by atoms with Crippen LogP contribution < -0.4 is 5.73 Å². The zero-order valence-electron chi connectivity index (χ0n) is 33.8. The van der Waals surface area contributed by atoms with E-state index in [-0.39, 0.29) is 19.4 Å². The number of carbonyl (C=O) groups excluding carboxylic acids is 2. The van der Waals surface area contributed by atoms with E-state index in [4.69, 9.17) is 24.8 Å². The fraction of sp³-hybridized carbons (Fsp3) is 0.786. The first-order chi connectivity index (χ1) is 26.1. The number of hydrogen-bond donors (Lipinski definition) is 3. The second kappa shape index (κ2) is 37.6. The van der Waals surface area contributed by atoms with Gasteiger partial charge in [-0.05, 0) is 51.4 Å². The number of phosphoric acid groups is 1. The second-order valence-electron chi connectivity index (χ2n) is 14.1. The average molecular weight is 786 g/mol. The number of esters is 2. The molecule has 0 amide bonds. The van der Waals surface area contributed by atoms with Gasteiger partial charge in [-0.3, -0.25) is 23.4 Å². The van der Waals surface area contributed by atoms with Gasteiger partial charge < -0.3 is 25.2 Å². The minimum Gasteiger partial charge on any atom is -0.480 e. The Morgan fingerprint density at radius 1 is 0.574 bits per heavy atom. The van der Waals surface area contributed by atoms with Gasteiger partial charge in [-0.2, -0.15) is 0 Å².